The zero-order valence-electron chi connectivity index (χ0n) is 20.1. The molecular formula is C27H28N4O4. The van der Waals surface area contributed by atoms with Crippen molar-refractivity contribution < 1.29 is 19.1 Å². The largest absolute Gasteiger partial charge is 0.484 e. The maximum atomic E-state index is 12.2. The molecule has 0 saturated carbocycles. The van der Waals surface area contributed by atoms with E-state index in [0.29, 0.717) is 22.7 Å². The molecule has 0 fully saturated rings. The Morgan fingerprint density at radius 1 is 0.857 bits per heavy atom. The smallest absolute Gasteiger partial charge is 0.329 e. The average molecular weight is 473 g/mol. The first-order valence-electron chi connectivity index (χ1n) is 11.0. The predicted octanol–water partition coefficient (Wildman–Crippen LogP) is 4.03. The van der Waals surface area contributed by atoms with Crippen LogP contribution in [-0.2, 0) is 14.4 Å². The van der Waals surface area contributed by atoms with Gasteiger partial charge in [0.2, 0.25) is 0 Å². The lowest BCUT2D eigenvalue weighted by atomic mass is 10.1. The molecule has 3 rings (SSSR count). The highest BCUT2D eigenvalue weighted by atomic mass is 16.5. The van der Waals surface area contributed by atoms with E-state index >= 15 is 0 Å². The van der Waals surface area contributed by atoms with Gasteiger partial charge in [0, 0.05) is 11.4 Å². The summed E-state index contributed by atoms with van der Waals surface area (Å²) in [7, 11) is 0. The van der Waals surface area contributed by atoms with Crippen molar-refractivity contribution >= 4 is 35.3 Å². The van der Waals surface area contributed by atoms with Gasteiger partial charge in [-0.15, -0.1) is 0 Å². The van der Waals surface area contributed by atoms with Crippen molar-refractivity contribution in [1.29, 1.82) is 0 Å². The Labute approximate surface area is 204 Å². The average Bonchev–Trinajstić information content (AvgIpc) is 2.80. The molecule has 0 radical (unpaired) electrons. The van der Waals surface area contributed by atoms with Crippen molar-refractivity contribution in [2.45, 2.75) is 27.7 Å². The Bertz CT molecular complexity index is 1260. The van der Waals surface area contributed by atoms with Gasteiger partial charge in [-0.2, -0.15) is 5.10 Å². The number of ether oxygens (including phenoxy) is 1. The first-order chi connectivity index (χ1) is 16.7. The van der Waals surface area contributed by atoms with Gasteiger partial charge in [0.15, 0.2) is 6.61 Å². The second-order valence-corrected chi connectivity index (χ2v) is 8.19. The van der Waals surface area contributed by atoms with Crippen molar-refractivity contribution in [3.63, 3.8) is 0 Å². The summed E-state index contributed by atoms with van der Waals surface area (Å²) in [6, 6.07) is 18.1. The van der Waals surface area contributed by atoms with Crippen molar-refractivity contribution in [2.24, 2.45) is 5.10 Å². The number of hydrogen-bond acceptors (Lipinski definition) is 5. The third-order valence-electron chi connectivity index (χ3n) is 5.17. The summed E-state index contributed by atoms with van der Waals surface area (Å²) in [5, 5.41) is 9.22. The number of benzene rings is 3. The molecule has 0 unspecified atom stereocenters. The van der Waals surface area contributed by atoms with Gasteiger partial charge in [-0.25, -0.2) is 5.43 Å². The van der Waals surface area contributed by atoms with Crippen LogP contribution in [0.3, 0.4) is 0 Å². The second kappa shape index (κ2) is 11.6. The summed E-state index contributed by atoms with van der Waals surface area (Å²) < 4.78 is 5.57. The Morgan fingerprint density at radius 3 is 2.31 bits per heavy atom. The summed E-state index contributed by atoms with van der Waals surface area (Å²) in [5.41, 5.74) is 8.12. The molecule has 0 spiro atoms. The molecule has 0 atom stereocenters. The van der Waals surface area contributed by atoms with E-state index in [9.17, 15) is 14.4 Å². The van der Waals surface area contributed by atoms with E-state index in [1.807, 2.05) is 52.0 Å². The molecule has 3 aromatic rings. The third-order valence-corrected chi connectivity index (χ3v) is 5.17. The molecule has 0 aliphatic heterocycles. The lowest BCUT2D eigenvalue weighted by molar-refractivity contribution is -0.136. The zero-order chi connectivity index (χ0) is 25.4. The zero-order valence-corrected chi connectivity index (χ0v) is 20.1. The van der Waals surface area contributed by atoms with E-state index in [1.165, 1.54) is 6.21 Å². The number of nitrogens with zero attached hydrogens (tertiary/aromatic N) is 1. The molecule has 0 aromatic heterocycles. The van der Waals surface area contributed by atoms with Crippen LogP contribution in [0.2, 0.25) is 0 Å². The van der Waals surface area contributed by atoms with E-state index in [-0.39, 0.29) is 12.5 Å². The summed E-state index contributed by atoms with van der Waals surface area (Å²) in [4.78, 5) is 36.4. The maximum absolute atomic E-state index is 12.2. The van der Waals surface area contributed by atoms with Gasteiger partial charge in [0.1, 0.15) is 5.75 Å². The summed E-state index contributed by atoms with van der Waals surface area (Å²) >= 11 is 0. The van der Waals surface area contributed by atoms with Gasteiger partial charge in [0.05, 0.1) is 6.21 Å². The summed E-state index contributed by atoms with van der Waals surface area (Å²) in [6.45, 7) is 7.55. The van der Waals surface area contributed by atoms with Crippen LogP contribution < -0.4 is 20.8 Å². The van der Waals surface area contributed by atoms with Gasteiger partial charge in [0.25, 0.3) is 5.91 Å². The maximum Gasteiger partial charge on any atom is 0.329 e. The Balaban J connectivity index is 1.50. The highest BCUT2D eigenvalue weighted by Gasteiger charge is 2.14. The number of aryl methyl sites for hydroxylation is 3. The van der Waals surface area contributed by atoms with Crippen LogP contribution in [0.25, 0.3) is 0 Å². The van der Waals surface area contributed by atoms with Crippen LogP contribution >= 0.6 is 0 Å². The number of rotatable bonds is 7. The van der Waals surface area contributed by atoms with Crippen LogP contribution in [0.15, 0.2) is 65.8 Å². The SMILES string of the molecule is Cc1cc(C)cc(NC(=O)COc2cccc(/C=N\NC(=O)C(=O)Nc3cccc(C)c3C)c2)c1. The first-order valence-corrected chi connectivity index (χ1v) is 11.0. The lowest BCUT2D eigenvalue weighted by Gasteiger charge is -2.09. The van der Waals surface area contributed by atoms with E-state index in [2.05, 4.69) is 21.2 Å². The highest BCUT2D eigenvalue weighted by molar-refractivity contribution is 6.39. The van der Waals surface area contributed by atoms with Crippen molar-refractivity contribution in [3.05, 3.63) is 88.5 Å². The quantitative estimate of drug-likeness (QED) is 0.274. The van der Waals surface area contributed by atoms with E-state index < -0.39 is 11.8 Å². The monoisotopic (exact) mass is 472 g/mol. The Morgan fingerprint density at radius 2 is 1.57 bits per heavy atom. The first kappa shape index (κ1) is 25.2. The molecule has 8 heteroatoms. The molecule has 3 amide bonds. The van der Waals surface area contributed by atoms with E-state index in [1.54, 1.807) is 36.4 Å². The molecule has 180 valence electrons. The molecule has 0 bridgehead atoms. The van der Waals surface area contributed by atoms with Crippen molar-refractivity contribution in [2.75, 3.05) is 17.2 Å². The number of carbonyl (C=O) groups is 3. The normalized spacial score (nSPS) is 10.6. The van der Waals surface area contributed by atoms with Crippen LogP contribution in [0.5, 0.6) is 5.75 Å². The third kappa shape index (κ3) is 7.53. The molecule has 0 saturated heterocycles. The Hall–Kier alpha value is -4.46. The second-order valence-electron chi connectivity index (χ2n) is 8.19. The number of amides is 3. The number of carbonyl (C=O) groups excluding carboxylic acids is 3. The molecule has 0 aliphatic carbocycles. The van der Waals surface area contributed by atoms with Crippen LogP contribution in [0.4, 0.5) is 11.4 Å². The van der Waals surface area contributed by atoms with Gasteiger partial charge < -0.3 is 15.4 Å². The lowest BCUT2D eigenvalue weighted by Crippen LogP contribution is -2.32. The molecular weight excluding hydrogens is 444 g/mol. The fraction of sp³-hybridized carbons (Fsp3) is 0.185. The Kier molecular flexibility index (Phi) is 8.34. The molecule has 3 aromatic carbocycles. The molecule has 0 aliphatic rings. The highest BCUT2D eigenvalue weighted by Crippen LogP contribution is 2.18. The number of hydrazone groups is 1. The minimum Gasteiger partial charge on any atom is -0.484 e. The summed E-state index contributed by atoms with van der Waals surface area (Å²) in [5.74, 6) is -1.53. The fourth-order valence-corrected chi connectivity index (χ4v) is 3.36. The van der Waals surface area contributed by atoms with Crippen LogP contribution in [0.1, 0.15) is 27.8 Å². The van der Waals surface area contributed by atoms with E-state index in [0.717, 1.165) is 22.3 Å². The van der Waals surface area contributed by atoms with Crippen molar-refractivity contribution in [3.8, 4) is 5.75 Å². The fourth-order valence-electron chi connectivity index (χ4n) is 3.36. The predicted molar refractivity (Wildman–Crippen MR) is 137 cm³/mol. The van der Waals surface area contributed by atoms with Crippen LogP contribution in [0, 0.1) is 27.7 Å². The number of anilines is 2. The molecule has 8 nitrogen and oxygen atoms in total. The van der Waals surface area contributed by atoms with Gasteiger partial charge in [-0.05, 0) is 85.8 Å². The van der Waals surface area contributed by atoms with Crippen LogP contribution in [-0.4, -0.2) is 30.5 Å². The van der Waals surface area contributed by atoms with Crippen molar-refractivity contribution in [1.82, 2.24) is 5.43 Å². The standard InChI is InChI=1S/C27H28N4O4/c1-17-11-18(2)13-22(12-17)29-25(32)16-35-23-9-6-8-21(14-23)15-28-31-27(34)26(33)30-24-10-5-7-19(3)20(24)4/h5-15H,16H2,1-4H3,(H,29,32)(H,30,33)(H,31,34)/b28-15-. The molecule has 3 N–H and O–H groups in total. The topological polar surface area (TPSA) is 109 Å². The minimum absolute atomic E-state index is 0.164. The number of hydrogen-bond donors (Lipinski definition) is 3. The minimum atomic E-state index is -0.891. The molecule has 0 heterocycles. The van der Waals surface area contributed by atoms with Gasteiger partial charge in [-0.3, -0.25) is 14.4 Å². The van der Waals surface area contributed by atoms with Gasteiger partial charge >= 0.3 is 11.8 Å². The summed E-state index contributed by atoms with van der Waals surface area (Å²) in [6.07, 6.45) is 1.38. The number of nitrogens with one attached hydrogen (secondary N) is 3. The van der Waals surface area contributed by atoms with E-state index in [4.69, 9.17) is 4.74 Å². The molecule has 35 heavy (non-hydrogen) atoms. The van der Waals surface area contributed by atoms with Gasteiger partial charge in [-0.1, -0.05) is 30.3 Å².